The molecule has 1 rings (SSSR count). The van der Waals surface area contributed by atoms with Crippen LogP contribution < -0.4 is 0 Å². The molecule has 0 aliphatic heterocycles. The van der Waals surface area contributed by atoms with Gasteiger partial charge in [0.2, 0.25) is 0 Å². The van der Waals surface area contributed by atoms with Crippen LogP contribution in [0.15, 0.2) is 23.4 Å². The fraction of sp³-hybridized carbons (Fsp3) is 0.600. The minimum atomic E-state index is -0.497. The summed E-state index contributed by atoms with van der Waals surface area (Å²) in [7, 11) is 4.60. The van der Waals surface area contributed by atoms with Crippen LogP contribution >= 0.6 is 0 Å². The lowest BCUT2D eigenvalue weighted by molar-refractivity contribution is -0.135. The first-order valence-corrected chi connectivity index (χ1v) is 6.79. The molecule has 0 saturated heterocycles. The van der Waals surface area contributed by atoms with E-state index < -0.39 is 11.9 Å². The smallest absolute Gasteiger partial charge is 0.339 e. The molecule has 1 fully saturated rings. The second-order valence-corrected chi connectivity index (χ2v) is 4.90. The van der Waals surface area contributed by atoms with Crippen molar-refractivity contribution >= 4 is 11.9 Å². The third kappa shape index (κ3) is 4.11. The molecule has 112 valence electrons. The van der Waals surface area contributed by atoms with E-state index >= 15 is 0 Å². The summed E-state index contributed by atoms with van der Waals surface area (Å²) in [6.45, 7) is 1.87. The molecule has 0 unspecified atom stereocenters. The normalized spacial score (nSPS) is 17.0. The van der Waals surface area contributed by atoms with Crippen molar-refractivity contribution in [3.63, 3.8) is 0 Å². The van der Waals surface area contributed by atoms with Crippen molar-refractivity contribution < 1.29 is 19.1 Å². The number of allylic oxidation sites excluding steroid dienone is 1. The molecule has 5 nitrogen and oxygen atoms in total. The number of methoxy groups -OCH3 is 2. The van der Waals surface area contributed by atoms with Crippen molar-refractivity contribution in [2.75, 3.05) is 21.3 Å². The predicted molar refractivity (Wildman–Crippen MR) is 75.9 cm³/mol. The Balaban J connectivity index is 2.99. The third-order valence-corrected chi connectivity index (χ3v) is 3.78. The monoisotopic (exact) mass is 281 g/mol. The van der Waals surface area contributed by atoms with Crippen molar-refractivity contribution in [3.8, 4) is 0 Å². The first-order chi connectivity index (χ1) is 9.51. The van der Waals surface area contributed by atoms with Crippen LogP contribution in [0.1, 0.15) is 32.6 Å². The highest BCUT2D eigenvalue weighted by atomic mass is 16.5. The molecule has 0 aromatic carbocycles. The quantitative estimate of drug-likeness (QED) is 0.438. The number of nitrogens with zero attached hydrogens (tertiary/aromatic N) is 1. The number of esters is 2. The molecule has 0 heterocycles. The second-order valence-electron chi connectivity index (χ2n) is 4.90. The van der Waals surface area contributed by atoms with Gasteiger partial charge < -0.3 is 14.4 Å². The summed E-state index contributed by atoms with van der Waals surface area (Å²) in [5.74, 6) is -0.949. The molecule has 5 heteroatoms. The van der Waals surface area contributed by atoms with Gasteiger partial charge in [-0.15, -0.1) is 0 Å². The van der Waals surface area contributed by atoms with Gasteiger partial charge in [0.25, 0.3) is 0 Å². The molecule has 0 radical (unpaired) electrons. The molecule has 1 aliphatic carbocycles. The zero-order valence-corrected chi connectivity index (χ0v) is 12.6. The molecule has 0 bridgehead atoms. The van der Waals surface area contributed by atoms with Gasteiger partial charge in [-0.25, -0.2) is 9.59 Å². The summed E-state index contributed by atoms with van der Waals surface area (Å²) in [6.07, 6.45) is 7.38. The molecule has 0 amide bonds. The Morgan fingerprint density at radius 3 is 2.20 bits per heavy atom. The topological polar surface area (TPSA) is 55.8 Å². The number of rotatable bonds is 5. The number of carbonyl (C=O) groups excluding carboxylic acids is 2. The van der Waals surface area contributed by atoms with Crippen molar-refractivity contribution in [1.82, 2.24) is 4.90 Å². The zero-order chi connectivity index (χ0) is 15.1. The maximum Gasteiger partial charge on any atom is 0.339 e. The van der Waals surface area contributed by atoms with E-state index in [4.69, 9.17) is 4.74 Å². The second kappa shape index (κ2) is 7.72. The maximum atomic E-state index is 11.9. The van der Waals surface area contributed by atoms with Crippen LogP contribution in [0.4, 0.5) is 0 Å². The van der Waals surface area contributed by atoms with Crippen molar-refractivity contribution in [2.45, 2.75) is 38.6 Å². The number of ether oxygens (including phenoxy) is 2. The predicted octanol–water partition coefficient (Wildman–Crippen LogP) is 2.04. The van der Waals surface area contributed by atoms with E-state index in [1.54, 1.807) is 0 Å². The molecule has 0 aromatic rings. The van der Waals surface area contributed by atoms with Crippen LogP contribution in [0.5, 0.6) is 0 Å². The first-order valence-electron chi connectivity index (χ1n) is 6.79. The maximum absolute atomic E-state index is 11.9. The minimum absolute atomic E-state index is 0.382. The van der Waals surface area contributed by atoms with E-state index in [0.29, 0.717) is 11.6 Å². The van der Waals surface area contributed by atoms with Crippen LogP contribution in [-0.4, -0.2) is 44.1 Å². The van der Waals surface area contributed by atoms with Crippen LogP contribution in [0, 0.1) is 0 Å². The van der Waals surface area contributed by atoms with Gasteiger partial charge in [-0.05, 0) is 25.8 Å². The van der Waals surface area contributed by atoms with Crippen molar-refractivity contribution in [1.29, 1.82) is 0 Å². The van der Waals surface area contributed by atoms with Gasteiger partial charge >= 0.3 is 11.9 Å². The Morgan fingerprint density at radius 2 is 1.70 bits per heavy atom. The molecule has 1 aliphatic rings. The van der Waals surface area contributed by atoms with Gasteiger partial charge in [0.15, 0.2) is 0 Å². The zero-order valence-electron chi connectivity index (χ0n) is 12.6. The fourth-order valence-electron chi connectivity index (χ4n) is 2.42. The Kier molecular flexibility index (Phi) is 6.28. The van der Waals surface area contributed by atoms with Gasteiger partial charge in [-0.1, -0.05) is 12.8 Å². The van der Waals surface area contributed by atoms with Gasteiger partial charge in [-0.3, -0.25) is 0 Å². The summed E-state index contributed by atoms with van der Waals surface area (Å²) < 4.78 is 9.33. The number of carbonyl (C=O) groups is 2. The van der Waals surface area contributed by atoms with Gasteiger partial charge in [0.05, 0.1) is 19.8 Å². The van der Waals surface area contributed by atoms with Crippen LogP contribution in [0.3, 0.4) is 0 Å². The number of hydrogen-bond acceptors (Lipinski definition) is 5. The van der Waals surface area contributed by atoms with E-state index in [1.165, 1.54) is 39.2 Å². The van der Waals surface area contributed by atoms with Crippen molar-refractivity contribution in [3.05, 3.63) is 23.4 Å². The Labute approximate surface area is 120 Å². The SMILES string of the molecule is COC(=O)/C=C/C(C(=O)OC)=C(/C)N(C)C1CCCC1. The van der Waals surface area contributed by atoms with Crippen LogP contribution in [0.2, 0.25) is 0 Å². The minimum Gasteiger partial charge on any atom is -0.466 e. The summed E-state index contributed by atoms with van der Waals surface area (Å²) >= 11 is 0. The average Bonchev–Trinajstić information content (AvgIpc) is 2.99. The van der Waals surface area contributed by atoms with E-state index in [0.717, 1.165) is 18.5 Å². The highest BCUT2D eigenvalue weighted by Crippen LogP contribution is 2.26. The van der Waals surface area contributed by atoms with E-state index in [1.807, 2.05) is 14.0 Å². The largest absolute Gasteiger partial charge is 0.466 e. The molecular formula is C15H23NO4. The summed E-state index contributed by atoms with van der Waals surface area (Å²) in [4.78, 5) is 25.1. The average molecular weight is 281 g/mol. The highest BCUT2D eigenvalue weighted by molar-refractivity contribution is 5.94. The Hall–Kier alpha value is -1.78. The highest BCUT2D eigenvalue weighted by Gasteiger charge is 2.22. The molecule has 1 saturated carbocycles. The molecule has 0 atom stereocenters. The first kappa shape index (κ1) is 16.3. The lowest BCUT2D eigenvalue weighted by Crippen LogP contribution is -2.29. The van der Waals surface area contributed by atoms with Gasteiger partial charge in [0.1, 0.15) is 0 Å². The van der Waals surface area contributed by atoms with E-state index in [9.17, 15) is 9.59 Å². The lowest BCUT2D eigenvalue weighted by Gasteiger charge is -2.28. The Bertz CT molecular complexity index is 420. The standard InChI is InChI=1S/C15H23NO4/c1-11(16(2)12-7-5-6-8-12)13(15(18)20-4)9-10-14(17)19-3/h9-10,12H,5-8H2,1-4H3/b10-9+,13-11+. The van der Waals surface area contributed by atoms with Crippen LogP contribution in [-0.2, 0) is 19.1 Å². The van der Waals surface area contributed by atoms with Crippen LogP contribution in [0.25, 0.3) is 0 Å². The molecule has 20 heavy (non-hydrogen) atoms. The van der Waals surface area contributed by atoms with E-state index in [2.05, 4.69) is 9.64 Å². The Morgan fingerprint density at radius 1 is 1.10 bits per heavy atom. The summed E-state index contributed by atoms with van der Waals surface area (Å²) in [5.41, 5.74) is 1.19. The molecule has 0 aromatic heterocycles. The fourth-order valence-corrected chi connectivity index (χ4v) is 2.42. The third-order valence-electron chi connectivity index (χ3n) is 3.78. The summed E-state index contributed by atoms with van der Waals surface area (Å²) in [5, 5.41) is 0. The molecule has 0 spiro atoms. The molecular weight excluding hydrogens is 258 g/mol. The van der Waals surface area contributed by atoms with E-state index in [-0.39, 0.29) is 0 Å². The van der Waals surface area contributed by atoms with Gasteiger partial charge in [0, 0.05) is 24.9 Å². The lowest BCUT2D eigenvalue weighted by atomic mass is 10.1. The molecule has 0 N–H and O–H groups in total. The number of hydrogen-bond donors (Lipinski definition) is 0. The van der Waals surface area contributed by atoms with Crippen molar-refractivity contribution in [2.24, 2.45) is 0 Å². The summed E-state index contributed by atoms with van der Waals surface area (Å²) in [6, 6.07) is 0.446. The van der Waals surface area contributed by atoms with Gasteiger partial charge in [-0.2, -0.15) is 0 Å².